The van der Waals surface area contributed by atoms with E-state index in [1.165, 1.54) is 13.8 Å². The molecule has 0 aromatic carbocycles. The Labute approximate surface area is 254 Å². The van der Waals surface area contributed by atoms with Crippen molar-refractivity contribution in [3.63, 3.8) is 0 Å². The molecule has 2 unspecified atom stereocenters. The summed E-state index contributed by atoms with van der Waals surface area (Å²) >= 11 is 0. The fourth-order valence-electron chi connectivity index (χ4n) is 11.4. The zero-order valence-electron chi connectivity index (χ0n) is 26.4. The summed E-state index contributed by atoms with van der Waals surface area (Å²) in [5, 5.41) is 0. The lowest BCUT2D eigenvalue weighted by molar-refractivity contribution is -0.155. The molecule has 1 heterocycles. The molecule has 0 radical (unpaired) electrons. The molecule has 6 aliphatic rings. The van der Waals surface area contributed by atoms with Gasteiger partial charge in [0.15, 0.2) is 17.7 Å². The second kappa shape index (κ2) is 9.87. The highest BCUT2D eigenvalue weighted by Gasteiger charge is 2.82. The van der Waals surface area contributed by atoms with Crippen LogP contribution in [0.15, 0.2) is 24.3 Å². The van der Waals surface area contributed by atoms with E-state index >= 15 is 0 Å². The smallest absolute Gasteiger partial charge is 0.306 e. The molecule has 0 bridgehead atoms. The van der Waals surface area contributed by atoms with Crippen LogP contribution in [0.4, 0.5) is 0 Å². The molecule has 12 atom stereocenters. The van der Waals surface area contributed by atoms with Crippen molar-refractivity contribution in [1.82, 2.24) is 0 Å². The van der Waals surface area contributed by atoms with Gasteiger partial charge in [-0.25, -0.2) is 0 Å². The molecule has 1 saturated heterocycles. The summed E-state index contributed by atoms with van der Waals surface area (Å²) < 4.78 is 17.0. The van der Waals surface area contributed by atoms with Crippen molar-refractivity contribution in [2.24, 2.45) is 57.2 Å². The molecule has 8 heteroatoms. The van der Waals surface area contributed by atoms with Gasteiger partial charge in [0.1, 0.15) is 6.10 Å². The largest absolute Gasteiger partial charge is 0.465 e. The Kier molecular flexibility index (Phi) is 6.94. The molecule has 0 N–H and O–H groups in total. The minimum atomic E-state index is -1.02. The van der Waals surface area contributed by atoms with E-state index in [0.29, 0.717) is 18.3 Å². The predicted octanol–water partition coefficient (Wildman–Crippen LogP) is 5.18. The third-order valence-corrected chi connectivity index (χ3v) is 13.6. The van der Waals surface area contributed by atoms with Gasteiger partial charge in [0.25, 0.3) is 0 Å². The first-order chi connectivity index (χ1) is 20.1. The molecule has 6 rings (SSSR count). The van der Waals surface area contributed by atoms with Gasteiger partial charge in [-0.05, 0) is 83.7 Å². The quantitative estimate of drug-likeness (QED) is 0.225. The van der Waals surface area contributed by atoms with Crippen molar-refractivity contribution < 1.29 is 38.2 Å². The van der Waals surface area contributed by atoms with E-state index in [1.807, 2.05) is 6.08 Å². The number of hydrogen-bond donors (Lipinski definition) is 0. The number of Topliss-reactive ketones (excluding diaryl/α,β-unsaturated/α-hetero) is 1. The van der Waals surface area contributed by atoms with E-state index in [1.54, 1.807) is 6.92 Å². The zero-order chi connectivity index (χ0) is 31.3. The van der Waals surface area contributed by atoms with E-state index in [9.17, 15) is 24.0 Å². The number of ether oxygens (including phenoxy) is 3. The van der Waals surface area contributed by atoms with Crippen LogP contribution in [0, 0.1) is 57.2 Å². The van der Waals surface area contributed by atoms with Crippen molar-refractivity contribution in [3.05, 3.63) is 24.3 Å². The minimum Gasteiger partial charge on any atom is -0.465 e. The summed E-state index contributed by atoms with van der Waals surface area (Å²) in [4.78, 5) is 63.2. The number of fused-ring (bicyclic) bond motifs is 2. The fourth-order valence-corrected chi connectivity index (χ4v) is 11.4. The van der Waals surface area contributed by atoms with Crippen LogP contribution in [-0.2, 0) is 38.2 Å². The van der Waals surface area contributed by atoms with Crippen LogP contribution in [-0.4, -0.2) is 48.3 Å². The SMILES string of the molecule is C=C(C(=O)[C@@H]1OC(=O)C[C@H]1[C@H]1[C@@H](OC(C)=O)C[C@@]2(C)[C@@H]3CC[C@H]4[C@H](C)C(=O)C=CC45CC35CC[C@]12C)[C@@H](C)COC(C)=O. The predicted molar refractivity (Wildman–Crippen MR) is 156 cm³/mol. The maximum atomic E-state index is 13.9. The molecule has 43 heavy (non-hydrogen) atoms. The van der Waals surface area contributed by atoms with E-state index in [0.717, 1.165) is 32.1 Å². The van der Waals surface area contributed by atoms with Gasteiger partial charge in [-0.15, -0.1) is 0 Å². The molecule has 234 valence electrons. The number of carbonyl (C=O) groups is 5. The summed E-state index contributed by atoms with van der Waals surface area (Å²) in [6.07, 6.45) is 8.41. The topological polar surface area (TPSA) is 113 Å². The summed E-state index contributed by atoms with van der Waals surface area (Å²) in [6.45, 7) is 15.3. The Morgan fingerprint density at radius 1 is 1.09 bits per heavy atom. The Balaban J connectivity index is 1.34. The second-order valence-corrected chi connectivity index (χ2v) is 15.2. The standard InChI is InChI=1S/C35H46O8/c1-18(16-41-21(4)36)19(2)30(40)31-23(14-28(39)43-31)29-26(42-22(5)37)15-33(7)27-9-8-24-20(3)25(38)10-11-34(24)17-35(27,34)13-12-32(29,33)6/h10-11,18,20,23-24,26-27,29,31H,2,8-9,12-17H2,1,3-7H3/t18-,20-,23-,24-,26-,27-,29-,31+,32+,33-,34?,35?/m0/s1. The number of rotatable bonds is 7. The lowest BCUT2D eigenvalue weighted by Gasteiger charge is -2.61. The number of hydrogen-bond acceptors (Lipinski definition) is 8. The number of esters is 3. The lowest BCUT2D eigenvalue weighted by atomic mass is 9.43. The number of cyclic esters (lactones) is 1. The second-order valence-electron chi connectivity index (χ2n) is 15.2. The van der Waals surface area contributed by atoms with Gasteiger partial charge in [0.2, 0.25) is 0 Å². The average Bonchev–Trinajstić information content (AvgIpc) is 3.37. The van der Waals surface area contributed by atoms with E-state index in [-0.39, 0.29) is 69.6 Å². The summed E-state index contributed by atoms with van der Waals surface area (Å²) in [7, 11) is 0. The fraction of sp³-hybridized carbons (Fsp3) is 0.743. The molecular formula is C35H46O8. The van der Waals surface area contributed by atoms with E-state index in [2.05, 4.69) is 33.4 Å². The normalized spacial score (nSPS) is 46.4. The molecule has 4 saturated carbocycles. The molecule has 5 fully saturated rings. The molecule has 1 aliphatic heterocycles. The first-order valence-electron chi connectivity index (χ1n) is 16.1. The third-order valence-electron chi connectivity index (χ3n) is 13.6. The van der Waals surface area contributed by atoms with Crippen molar-refractivity contribution >= 4 is 29.5 Å². The van der Waals surface area contributed by atoms with Crippen molar-refractivity contribution in [2.45, 2.75) is 98.7 Å². The van der Waals surface area contributed by atoms with Crippen LogP contribution in [0.1, 0.15) is 86.5 Å². The molecule has 0 aromatic heterocycles. The Hall–Kier alpha value is -2.77. The van der Waals surface area contributed by atoms with Gasteiger partial charge >= 0.3 is 17.9 Å². The Bertz CT molecular complexity index is 1330. The Morgan fingerprint density at radius 2 is 1.81 bits per heavy atom. The van der Waals surface area contributed by atoms with Crippen LogP contribution >= 0.6 is 0 Å². The number of ketones is 2. The van der Waals surface area contributed by atoms with Crippen LogP contribution in [0.2, 0.25) is 0 Å². The molecule has 2 spiro atoms. The van der Waals surface area contributed by atoms with Crippen molar-refractivity contribution in [3.8, 4) is 0 Å². The monoisotopic (exact) mass is 594 g/mol. The van der Waals surface area contributed by atoms with Gasteiger partial charge in [-0.2, -0.15) is 0 Å². The summed E-state index contributed by atoms with van der Waals surface area (Å²) in [5.41, 5.74) is -0.0512. The van der Waals surface area contributed by atoms with Crippen molar-refractivity contribution in [1.29, 1.82) is 0 Å². The average molecular weight is 595 g/mol. The van der Waals surface area contributed by atoms with Gasteiger partial charge in [0.05, 0.1) is 13.0 Å². The van der Waals surface area contributed by atoms with Gasteiger partial charge in [-0.3, -0.25) is 24.0 Å². The lowest BCUT2D eigenvalue weighted by Crippen LogP contribution is -2.56. The van der Waals surface area contributed by atoms with E-state index < -0.39 is 36.0 Å². The molecule has 5 aliphatic carbocycles. The molecular weight excluding hydrogens is 548 g/mol. The maximum Gasteiger partial charge on any atom is 0.306 e. The van der Waals surface area contributed by atoms with Gasteiger partial charge < -0.3 is 14.2 Å². The minimum absolute atomic E-state index is 0.0195. The molecule has 0 aromatic rings. The van der Waals surface area contributed by atoms with E-state index in [4.69, 9.17) is 14.2 Å². The van der Waals surface area contributed by atoms with Crippen LogP contribution in [0.3, 0.4) is 0 Å². The highest BCUT2D eigenvalue weighted by molar-refractivity contribution is 6.01. The first-order valence-corrected chi connectivity index (χ1v) is 16.1. The molecule has 8 nitrogen and oxygen atoms in total. The molecule has 0 amide bonds. The highest BCUT2D eigenvalue weighted by atomic mass is 16.6. The summed E-state index contributed by atoms with van der Waals surface area (Å²) in [5.74, 6) is -1.68. The Morgan fingerprint density at radius 3 is 2.49 bits per heavy atom. The number of carbonyl (C=O) groups excluding carboxylic acids is 5. The van der Waals surface area contributed by atoms with Crippen molar-refractivity contribution in [2.75, 3.05) is 6.61 Å². The zero-order valence-corrected chi connectivity index (χ0v) is 26.4. The highest BCUT2D eigenvalue weighted by Crippen LogP contribution is 2.87. The number of allylic oxidation sites excluding steroid dienone is 2. The van der Waals surface area contributed by atoms with Crippen LogP contribution < -0.4 is 0 Å². The first kappa shape index (κ1) is 30.3. The van der Waals surface area contributed by atoms with Crippen LogP contribution in [0.5, 0.6) is 0 Å². The van der Waals surface area contributed by atoms with Gasteiger partial charge in [0, 0.05) is 37.5 Å². The maximum absolute atomic E-state index is 13.9. The van der Waals surface area contributed by atoms with Gasteiger partial charge in [-0.1, -0.05) is 40.3 Å². The van der Waals surface area contributed by atoms with Crippen LogP contribution in [0.25, 0.3) is 0 Å². The third kappa shape index (κ3) is 4.10. The summed E-state index contributed by atoms with van der Waals surface area (Å²) in [6, 6.07) is 0.